The molecule has 25 heteroatoms. The van der Waals surface area contributed by atoms with Crippen LogP contribution >= 0.6 is 39.6 Å². The summed E-state index contributed by atoms with van der Waals surface area (Å²) in [5.74, 6) is -3.05. The Bertz CT molecular complexity index is 1450. The Balaban J connectivity index is 2.20. The van der Waals surface area contributed by atoms with Crippen LogP contribution in [0.3, 0.4) is 0 Å². The molecule has 4 rings (SSSR count). The fraction of sp³-hybridized carbons (Fsp3) is 1.00. The molecular formula is C40H93N16O4P5. The fourth-order valence-corrected chi connectivity index (χ4v) is 26.2. The van der Waals surface area contributed by atoms with Crippen molar-refractivity contribution < 1.29 is 18.1 Å². The molecule has 0 aliphatic carbocycles. The van der Waals surface area contributed by atoms with E-state index in [-0.39, 0.29) is 24.2 Å². The Morgan fingerprint density at radius 1 is 0.308 bits per heavy atom. The Morgan fingerprint density at radius 3 is 0.585 bits per heavy atom. The zero-order chi connectivity index (χ0) is 49.4. The Labute approximate surface area is 400 Å². The average molecular weight is 1020 g/mol. The van der Waals surface area contributed by atoms with Gasteiger partial charge in [-0.1, -0.05) is 0 Å². The van der Waals surface area contributed by atoms with Gasteiger partial charge >= 0.3 is 402 Å². The first-order valence-electron chi connectivity index (χ1n) is 22.8. The molecule has 8 atom stereocenters. The van der Waals surface area contributed by atoms with Gasteiger partial charge in [-0.05, 0) is 0 Å². The fourth-order valence-electron chi connectivity index (χ4n) is 10.7. The minimum absolute atomic E-state index is 0.0859. The molecule has 0 bridgehead atoms. The van der Waals surface area contributed by atoms with E-state index in [1.165, 1.54) is 0 Å². The second-order valence-corrected chi connectivity index (χ2v) is 30.3. The molecule has 0 aromatic heterocycles. The predicted molar refractivity (Wildman–Crippen MR) is 278 cm³/mol. The molecule has 0 aromatic carbocycles. The van der Waals surface area contributed by atoms with E-state index in [4.69, 9.17) is 36.2 Å². The van der Waals surface area contributed by atoms with Gasteiger partial charge in [-0.25, -0.2) is 0 Å². The van der Waals surface area contributed by atoms with Gasteiger partial charge in [-0.15, -0.1) is 0 Å². The number of nitrogens with zero attached hydrogens (tertiary/aromatic N) is 16. The first-order valence-corrected chi connectivity index (χ1v) is 30.2. The van der Waals surface area contributed by atoms with Gasteiger partial charge in [0.2, 0.25) is 0 Å². The van der Waals surface area contributed by atoms with Crippen LogP contribution in [-0.2, 0) is 18.1 Å². The van der Waals surface area contributed by atoms with Crippen LogP contribution in [0.15, 0.2) is 18.1 Å². The number of rotatable bonds is 16. The molecule has 0 saturated carbocycles. The van der Waals surface area contributed by atoms with Crippen molar-refractivity contribution in [2.75, 3.05) is 194 Å². The summed E-state index contributed by atoms with van der Waals surface area (Å²) >= 11 is 0. The monoisotopic (exact) mass is 1020 g/mol. The third kappa shape index (κ3) is 11.3. The van der Waals surface area contributed by atoms with Gasteiger partial charge < -0.3 is 0 Å². The van der Waals surface area contributed by atoms with Crippen LogP contribution < -0.4 is 0 Å². The second kappa shape index (κ2) is 22.7. The van der Waals surface area contributed by atoms with Crippen molar-refractivity contribution in [1.29, 1.82) is 0 Å². The van der Waals surface area contributed by atoms with Crippen molar-refractivity contribution >= 4 is 39.6 Å². The molecule has 4 radical (unpaired) electrons. The predicted octanol–water partition coefficient (Wildman–Crippen LogP) is 5.23. The van der Waals surface area contributed by atoms with Crippen LogP contribution in [0.25, 0.3) is 0 Å². The topological polar surface area (TPSA) is 125 Å². The summed E-state index contributed by atoms with van der Waals surface area (Å²) in [5, 5.41) is 0. The van der Waals surface area contributed by atoms with E-state index in [0.717, 1.165) is 50.3 Å². The van der Waals surface area contributed by atoms with Gasteiger partial charge in [0.1, 0.15) is 0 Å². The molecule has 8 unspecified atom stereocenters. The Morgan fingerprint density at radius 2 is 0.462 bits per heavy atom. The summed E-state index contributed by atoms with van der Waals surface area (Å²) in [4.78, 5) is 26.7. The van der Waals surface area contributed by atoms with Crippen molar-refractivity contribution in [1.82, 2.24) is 58.8 Å². The van der Waals surface area contributed by atoms with Crippen LogP contribution in [0, 0.1) is 0 Å². The third-order valence-electron chi connectivity index (χ3n) is 13.7. The molecule has 4 heterocycles. The van der Waals surface area contributed by atoms with E-state index >= 15 is 0 Å². The summed E-state index contributed by atoms with van der Waals surface area (Å²) in [6, 6.07) is 0.344. The zero-order valence-electron chi connectivity index (χ0n) is 45.0. The second-order valence-electron chi connectivity index (χ2n) is 20.5. The number of hydrogen-bond donors (Lipinski definition) is 0. The van der Waals surface area contributed by atoms with Crippen LogP contribution in [0.2, 0.25) is 0 Å². The number of hydrogen-bond acceptors (Lipinski definition) is 20. The molecule has 65 heavy (non-hydrogen) atoms. The van der Waals surface area contributed by atoms with E-state index in [9.17, 15) is 0 Å². The van der Waals surface area contributed by atoms with Crippen molar-refractivity contribution in [3.8, 4) is 0 Å². The van der Waals surface area contributed by atoms with Crippen molar-refractivity contribution in [3.05, 3.63) is 0 Å². The van der Waals surface area contributed by atoms with Gasteiger partial charge in [0.05, 0.1) is 0 Å². The van der Waals surface area contributed by atoms with Gasteiger partial charge in [-0.3, -0.25) is 0 Å². The first kappa shape index (κ1) is 57.8. The first-order chi connectivity index (χ1) is 30.0. The Hall–Kier alpha value is 0.190. The molecule has 20 nitrogen and oxygen atoms in total. The molecule has 0 spiro atoms. The van der Waals surface area contributed by atoms with Gasteiger partial charge in [-0.2, -0.15) is 0 Å². The molecule has 0 amide bonds. The van der Waals surface area contributed by atoms with Crippen LogP contribution in [0.5, 0.6) is 0 Å². The molecule has 382 valence electrons. The van der Waals surface area contributed by atoms with Crippen LogP contribution in [0.1, 0.15) is 25.7 Å². The van der Waals surface area contributed by atoms with Gasteiger partial charge in [0.25, 0.3) is 0 Å². The molecule has 4 aliphatic rings. The van der Waals surface area contributed by atoms with Crippen molar-refractivity contribution in [2.24, 2.45) is 18.1 Å². The molecule has 4 aliphatic heterocycles. The molecule has 0 N–H and O–H groups in total. The Kier molecular flexibility index (Phi) is 20.2. The summed E-state index contributed by atoms with van der Waals surface area (Å²) in [5.41, 5.74) is 0. The maximum atomic E-state index is 7.48. The van der Waals surface area contributed by atoms with E-state index < -0.39 is 63.0 Å². The summed E-state index contributed by atoms with van der Waals surface area (Å²) < 4.78 is 53.9. The molecular weight excluding hydrogens is 923 g/mol. The maximum absolute atomic E-state index is 7.48. The molecule has 0 aromatic rings. The quantitative estimate of drug-likeness (QED) is 0.148. The van der Waals surface area contributed by atoms with Crippen molar-refractivity contribution in [3.63, 3.8) is 0 Å². The summed E-state index contributed by atoms with van der Waals surface area (Å²) in [6.07, 6.45) is 6.51. The van der Waals surface area contributed by atoms with E-state index in [2.05, 4.69) is 228 Å². The van der Waals surface area contributed by atoms with Crippen LogP contribution in [0.4, 0.5) is 0 Å². The van der Waals surface area contributed by atoms with Crippen molar-refractivity contribution in [2.45, 2.75) is 73.2 Å². The number of likely N-dealkylation sites (N-methyl/N-ethyl adjacent to an activating group) is 12. The van der Waals surface area contributed by atoms with Crippen LogP contribution in [-0.4, -0.2) is 300 Å². The van der Waals surface area contributed by atoms with Gasteiger partial charge in [0, 0.05) is 0 Å². The SMILES string of the molecule is CN(C)C1CC[P](=N[PH](N=[P]2CCC(N(C)C)C(N(C)C)(N(C)C)O2)(N=[P]2CCC(N(C)C)C(N(C)C)(N(C)C)O2)N=[P]2CCC(N(C)C)C(N(C)C)(N(C)C)O2)OC1(N(C)C)N(C)C. The zero-order valence-corrected chi connectivity index (χ0v) is 49.6. The minimum atomic E-state index is -3.96. The summed E-state index contributed by atoms with van der Waals surface area (Å²) in [6.45, 7) is 0. The van der Waals surface area contributed by atoms with E-state index in [0.29, 0.717) is 0 Å². The van der Waals surface area contributed by atoms with E-state index in [1.807, 2.05) is 0 Å². The molecule has 4 saturated heterocycles. The normalized spacial score (nSPS) is 29.5. The van der Waals surface area contributed by atoms with Gasteiger partial charge in [0.15, 0.2) is 0 Å². The summed E-state index contributed by atoms with van der Waals surface area (Å²) in [7, 11) is 40.9. The average Bonchev–Trinajstić information content (AvgIpc) is 3.19. The third-order valence-corrected chi connectivity index (χ3v) is 26.0. The molecule has 4 fully saturated rings. The van der Waals surface area contributed by atoms with E-state index in [1.54, 1.807) is 0 Å². The standard InChI is InChI=1S/C40H93N16O4P5/c1-45(2)33-25-29-61(57-37(33,49(9)10)50(11)12)41-65(42-62-30-26-34(46(3)4)38(58-62,51(13)14)52(15)16,43-63-31-27-35(47(5)6)39(59-63,53(17)18)54(19)20)44-64-32-28-36(48(7)8)40(60-64,55(21)22)56(23)24/h33-36,65H,25-32H2,1-24H3.